The minimum absolute atomic E-state index is 0.0456. The second kappa shape index (κ2) is 5.50. The molecule has 1 aromatic rings. The summed E-state index contributed by atoms with van der Waals surface area (Å²) in [4.78, 5) is 4.22. The van der Waals surface area contributed by atoms with E-state index >= 15 is 0 Å². The van der Waals surface area contributed by atoms with E-state index in [1.165, 1.54) is 11.1 Å². The SMILES string of the molecule is CCNC(C)CC(C)(C)c1c(C)ccnc1N. The van der Waals surface area contributed by atoms with Gasteiger partial charge in [-0.3, -0.25) is 0 Å². The van der Waals surface area contributed by atoms with Crippen LogP contribution in [0.2, 0.25) is 0 Å². The minimum Gasteiger partial charge on any atom is -0.383 e. The highest BCUT2D eigenvalue weighted by Crippen LogP contribution is 2.33. The van der Waals surface area contributed by atoms with E-state index in [2.05, 4.69) is 44.9 Å². The maximum Gasteiger partial charge on any atom is 0.127 e. The van der Waals surface area contributed by atoms with Crippen molar-refractivity contribution < 1.29 is 0 Å². The van der Waals surface area contributed by atoms with Crippen LogP contribution in [0.4, 0.5) is 5.82 Å². The van der Waals surface area contributed by atoms with Gasteiger partial charge in [-0.2, -0.15) is 0 Å². The standard InChI is InChI=1S/C14H25N3/c1-6-16-11(3)9-14(4,5)12-10(2)7-8-17-13(12)15/h7-8,11,16H,6,9H2,1-5H3,(H2,15,17). The van der Waals surface area contributed by atoms with E-state index in [-0.39, 0.29) is 5.41 Å². The predicted octanol–water partition coefficient (Wildman–Crippen LogP) is 2.64. The van der Waals surface area contributed by atoms with E-state index in [1.54, 1.807) is 6.20 Å². The Balaban J connectivity index is 2.96. The summed E-state index contributed by atoms with van der Waals surface area (Å²) >= 11 is 0. The molecule has 0 fully saturated rings. The topological polar surface area (TPSA) is 50.9 Å². The van der Waals surface area contributed by atoms with Crippen molar-refractivity contribution in [1.29, 1.82) is 0 Å². The Morgan fingerprint density at radius 3 is 2.65 bits per heavy atom. The van der Waals surface area contributed by atoms with Gasteiger partial charge in [-0.15, -0.1) is 0 Å². The summed E-state index contributed by atoms with van der Waals surface area (Å²) in [5, 5.41) is 3.45. The number of nitrogens with zero attached hydrogens (tertiary/aromatic N) is 1. The van der Waals surface area contributed by atoms with Gasteiger partial charge in [0.1, 0.15) is 5.82 Å². The van der Waals surface area contributed by atoms with Crippen LogP contribution < -0.4 is 11.1 Å². The van der Waals surface area contributed by atoms with Crippen molar-refractivity contribution in [3.8, 4) is 0 Å². The Labute approximate surface area is 105 Å². The summed E-state index contributed by atoms with van der Waals surface area (Å²) in [6, 6.07) is 2.51. The van der Waals surface area contributed by atoms with Gasteiger partial charge < -0.3 is 11.1 Å². The fourth-order valence-electron chi connectivity index (χ4n) is 2.75. The Hall–Kier alpha value is -1.09. The molecular formula is C14H25N3. The van der Waals surface area contributed by atoms with Crippen LogP contribution in [0, 0.1) is 6.92 Å². The Bertz CT molecular complexity index is 351. The van der Waals surface area contributed by atoms with Crippen molar-refractivity contribution in [1.82, 2.24) is 10.3 Å². The average molecular weight is 235 g/mol. The lowest BCUT2D eigenvalue weighted by molar-refractivity contribution is 0.393. The quantitative estimate of drug-likeness (QED) is 0.825. The highest BCUT2D eigenvalue weighted by atomic mass is 14.9. The van der Waals surface area contributed by atoms with Crippen LogP contribution in [-0.4, -0.2) is 17.6 Å². The second-order valence-electron chi connectivity index (χ2n) is 5.43. The Morgan fingerprint density at radius 2 is 2.12 bits per heavy atom. The van der Waals surface area contributed by atoms with E-state index in [0.29, 0.717) is 11.9 Å². The fraction of sp³-hybridized carbons (Fsp3) is 0.643. The van der Waals surface area contributed by atoms with Crippen LogP contribution in [0.5, 0.6) is 0 Å². The van der Waals surface area contributed by atoms with E-state index < -0.39 is 0 Å². The molecule has 96 valence electrons. The van der Waals surface area contributed by atoms with Crippen LogP contribution >= 0.6 is 0 Å². The largest absolute Gasteiger partial charge is 0.383 e. The molecule has 0 aromatic carbocycles. The first-order chi connectivity index (χ1) is 7.88. The molecule has 1 heterocycles. The van der Waals surface area contributed by atoms with Gasteiger partial charge in [0.15, 0.2) is 0 Å². The first-order valence-corrected chi connectivity index (χ1v) is 6.33. The van der Waals surface area contributed by atoms with Crippen LogP contribution in [0.1, 0.15) is 45.2 Å². The predicted molar refractivity (Wildman–Crippen MR) is 74.2 cm³/mol. The summed E-state index contributed by atoms with van der Waals surface area (Å²) < 4.78 is 0. The van der Waals surface area contributed by atoms with Gasteiger partial charge in [0.2, 0.25) is 0 Å². The van der Waals surface area contributed by atoms with Gasteiger partial charge in [0, 0.05) is 17.8 Å². The number of hydrogen-bond acceptors (Lipinski definition) is 3. The molecule has 3 nitrogen and oxygen atoms in total. The highest BCUT2D eigenvalue weighted by Gasteiger charge is 2.27. The second-order valence-corrected chi connectivity index (χ2v) is 5.43. The molecule has 0 aliphatic carbocycles. The molecule has 1 rings (SSSR count). The monoisotopic (exact) mass is 235 g/mol. The number of nitrogens with one attached hydrogen (secondary N) is 1. The zero-order valence-electron chi connectivity index (χ0n) is 11.7. The number of anilines is 1. The van der Waals surface area contributed by atoms with Crippen molar-refractivity contribution in [3.05, 3.63) is 23.4 Å². The summed E-state index contributed by atoms with van der Waals surface area (Å²) in [5.74, 6) is 0.665. The molecule has 0 spiro atoms. The molecule has 3 N–H and O–H groups in total. The van der Waals surface area contributed by atoms with Gasteiger partial charge in [-0.25, -0.2) is 4.98 Å². The minimum atomic E-state index is 0.0456. The Kier molecular flexibility index (Phi) is 4.52. The molecule has 0 aliphatic rings. The van der Waals surface area contributed by atoms with E-state index in [1.807, 2.05) is 6.07 Å². The number of nitrogen functional groups attached to an aromatic ring is 1. The summed E-state index contributed by atoms with van der Waals surface area (Å²) in [6.45, 7) is 11.9. The van der Waals surface area contributed by atoms with E-state index in [0.717, 1.165) is 13.0 Å². The molecule has 0 saturated heterocycles. The maximum atomic E-state index is 6.03. The third-order valence-electron chi connectivity index (χ3n) is 3.23. The third-order valence-corrected chi connectivity index (χ3v) is 3.23. The Morgan fingerprint density at radius 1 is 1.47 bits per heavy atom. The molecule has 0 bridgehead atoms. The molecule has 17 heavy (non-hydrogen) atoms. The molecule has 3 heteroatoms. The third kappa shape index (κ3) is 3.43. The summed E-state index contributed by atoms with van der Waals surface area (Å²) in [6.07, 6.45) is 2.83. The molecular weight excluding hydrogens is 210 g/mol. The van der Waals surface area contributed by atoms with E-state index in [9.17, 15) is 0 Å². The van der Waals surface area contributed by atoms with Crippen LogP contribution in [0.25, 0.3) is 0 Å². The van der Waals surface area contributed by atoms with Crippen molar-refractivity contribution in [2.75, 3.05) is 12.3 Å². The van der Waals surface area contributed by atoms with Crippen molar-refractivity contribution >= 4 is 5.82 Å². The van der Waals surface area contributed by atoms with Gasteiger partial charge in [0.25, 0.3) is 0 Å². The van der Waals surface area contributed by atoms with Crippen LogP contribution in [0.3, 0.4) is 0 Å². The fourth-order valence-corrected chi connectivity index (χ4v) is 2.75. The van der Waals surface area contributed by atoms with E-state index in [4.69, 9.17) is 5.73 Å². The maximum absolute atomic E-state index is 6.03. The van der Waals surface area contributed by atoms with Gasteiger partial charge in [0.05, 0.1) is 0 Å². The van der Waals surface area contributed by atoms with Gasteiger partial charge in [-0.1, -0.05) is 20.8 Å². The van der Waals surface area contributed by atoms with Gasteiger partial charge >= 0.3 is 0 Å². The number of aryl methyl sites for hydroxylation is 1. The van der Waals surface area contributed by atoms with Crippen molar-refractivity contribution in [3.63, 3.8) is 0 Å². The van der Waals surface area contributed by atoms with Crippen LogP contribution in [0.15, 0.2) is 12.3 Å². The first kappa shape index (κ1) is 14.0. The van der Waals surface area contributed by atoms with Crippen molar-refractivity contribution in [2.24, 2.45) is 0 Å². The molecule has 0 amide bonds. The molecule has 1 aromatic heterocycles. The molecule has 1 unspecified atom stereocenters. The van der Waals surface area contributed by atoms with Gasteiger partial charge in [-0.05, 0) is 43.9 Å². The average Bonchev–Trinajstić information content (AvgIpc) is 2.15. The zero-order valence-corrected chi connectivity index (χ0v) is 11.7. The van der Waals surface area contributed by atoms with Crippen LogP contribution in [-0.2, 0) is 5.41 Å². The highest BCUT2D eigenvalue weighted by molar-refractivity contribution is 5.48. The number of pyridine rings is 1. The molecule has 0 aliphatic heterocycles. The number of rotatable bonds is 5. The van der Waals surface area contributed by atoms with Crippen molar-refractivity contribution in [2.45, 2.75) is 52.5 Å². The summed E-state index contributed by atoms with van der Waals surface area (Å²) in [7, 11) is 0. The number of nitrogens with two attached hydrogens (primary N) is 1. The normalized spacial score (nSPS) is 13.7. The lowest BCUT2D eigenvalue weighted by Gasteiger charge is -2.31. The smallest absolute Gasteiger partial charge is 0.127 e. The molecule has 0 radical (unpaired) electrons. The number of aromatic nitrogens is 1. The first-order valence-electron chi connectivity index (χ1n) is 6.33. The lowest BCUT2D eigenvalue weighted by Crippen LogP contribution is -2.34. The summed E-state index contributed by atoms with van der Waals surface area (Å²) in [5.41, 5.74) is 8.48. The lowest BCUT2D eigenvalue weighted by atomic mass is 9.77. The number of hydrogen-bond donors (Lipinski definition) is 2. The molecule has 1 atom stereocenters. The zero-order chi connectivity index (χ0) is 13.1. The molecule has 0 saturated carbocycles.